The van der Waals surface area contributed by atoms with Crippen molar-refractivity contribution >= 4 is 16.7 Å². The van der Waals surface area contributed by atoms with Gasteiger partial charge in [0.2, 0.25) is 5.75 Å². The Morgan fingerprint density at radius 2 is 2.18 bits per heavy atom. The zero-order valence-corrected chi connectivity index (χ0v) is 9.85. The first-order chi connectivity index (χ1) is 7.88. The number of aromatic amines is 1. The normalized spacial score (nSPS) is 11.7. The largest absolute Gasteiger partial charge is 0.481 e. The summed E-state index contributed by atoms with van der Waals surface area (Å²) in [5.74, 6) is 0.258. The van der Waals surface area contributed by atoms with Gasteiger partial charge in [0.05, 0.1) is 10.3 Å². The summed E-state index contributed by atoms with van der Waals surface area (Å²) in [6, 6.07) is 1.72. The highest BCUT2D eigenvalue weighted by molar-refractivity contribution is 5.86. The Balaban J connectivity index is 2.65. The van der Waals surface area contributed by atoms with Gasteiger partial charge in [-0.15, -0.1) is 0 Å². The number of nitrogens with zero attached hydrogens (tertiary/aromatic N) is 2. The molecule has 1 N–H and O–H groups in total. The number of rotatable bonds is 2. The van der Waals surface area contributed by atoms with Crippen LogP contribution in [0.5, 0.6) is 5.75 Å². The monoisotopic (exact) mass is 235 g/mol. The van der Waals surface area contributed by atoms with Crippen molar-refractivity contribution in [3.05, 3.63) is 28.6 Å². The van der Waals surface area contributed by atoms with Crippen LogP contribution in [0.25, 0.3) is 11.0 Å². The van der Waals surface area contributed by atoms with Gasteiger partial charge in [-0.3, -0.25) is 10.1 Å². The lowest BCUT2D eigenvalue weighted by Gasteiger charge is -2.21. The van der Waals surface area contributed by atoms with Crippen molar-refractivity contribution in [1.82, 2.24) is 9.97 Å². The van der Waals surface area contributed by atoms with Gasteiger partial charge in [0.25, 0.3) is 0 Å². The Bertz CT molecular complexity index is 569. The highest BCUT2D eigenvalue weighted by atomic mass is 16.6. The van der Waals surface area contributed by atoms with E-state index in [0.717, 1.165) is 0 Å². The second kappa shape index (κ2) is 3.73. The van der Waals surface area contributed by atoms with E-state index in [9.17, 15) is 10.1 Å². The van der Waals surface area contributed by atoms with Crippen LogP contribution in [-0.4, -0.2) is 20.5 Å². The molecular formula is C11H13N3O3. The fourth-order valence-corrected chi connectivity index (χ4v) is 1.52. The third kappa shape index (κ3) is 2.20. The summed E-state index contributed by atoms with van der Waals surface area (Å²) in [5, 5.41) is 11.6. The Kier molecular flexibility index (Phi) is 2.49. The van der Waals surface area contributed by atoms with Gasteiger partial charge in [0.15, 0.2) is 0 Å². The fourth-order valence-electron chi connectivity index (χ4n) is 1.52. The SMILES string of the molecule is CC(C)(C)Oc1c([N+](=O)[O-])cnc2[nH]ccc12. The van der Waals surface area contributed by atoms with E-state index < -0.39 is 10.5 Å². The number of fused-ring (bicyclic) bond motifs is 1. The first kappa shape index (κ1) is 11.4. The molecule has 90 valence electrons. The number of aromatic nitrogens is 2. The highest BCUT2D eigenvalue weighted by Crippen LogP contribution is 2.35. The van der Waals surface area contributed by atoms with Crippen molar-refractivity contribution in [3.63, 3.8) is 0 Å². The highest BCUT2D eigenvalue weighted by Gasteiger charge is 2.24. The van der Waals surface area contributed by atoms with Crippen LogP contribution in [0.3, 0.4) is 0 Å². The molecule has 0 unspecified atom stereocenters. The van der Waals surface area contributed by atoms with Crippen molar-refractivity contribution in [1.29, 1.82) is 0 Å². The Hall–Kier alpha value is -2.11. The zero-order valence-electron chi connectivity index (χ0n) is 9.85. The minimum absolute atomic E-state index is 0.118. The number of H-pyrrole nitrogens is 1. The molecule has 0 atom stereocenters. The molecule has 0 aliphatic rings. The van der Waals surface area contributed by atoms with Crippen LogP contribution in [0.2, 0.25) is 0 Å². The van der Waals surface area contributed by atoms with Crippen molar-refractivity contribution in [2.75, 3.05) is 0 Å². The maximum Gasteiger partial charge on any atom is 0.329 e. The first-order valence-electron chi connectivity index (χ1n) is 5.18. The number of nitrogens with one attached hydrogen (secondary N) is 1. The number of ether oxygens (including phenoxy) is 1. The molecule has 2 rings (SSSR count). The van der Waals surface area contributed by atoms with E-state index in [1.807, 2.05) is 20.8 Å². The molecule has 6 heteroatoms. The summed E-state index contributed by atoms with van der Waals surface area (Å²) in [5.41, 5.74) is -0.0436. The lowest BCUT2D eigenvalue weighted by atomic mass is 10.2. The van der Waals surface area contributed by atoms with Crippen molar-refractivity contribution in [3.8, 4) is 5.75 Å². The Morgan fingerprint density at radius 3 is 2.76 bits per heavy atom. The van der Waals surface area contributed by atoms with E-state index in [-0.39, 0.29) is 11.4 Å². The van der Waals surface area contributed by atoms with Crippen LogP contribution in [-0.2, 0) is 0 Å². The maximum absolute atomic E-state index is 10.9. The Labute approximate surface area is 97.8 Å². The molecule has 0 spiro atoms. The summed E-state index contributed by atoms with van der Waals surface area (Å²) in [7, 11) is 0. The second-order valence-corrected chi connectivity index (χ2v) is 4.68. The molecule has 2 heterocycles. The summed E-state index contributed by atoms with van der Waals surface area (Å²) >= 11 is 0. The quantitative estimate of drug-likeness (QED) is 0.640. The predicted molar refractivity (Wildman–Crippen MR) is 63.1 cm³/mol. The molecule has 2 aromatic rings. The molecule has 0 saturated heterocycles. The lowest BCUT2D eigenvalue weighted by Crippen LogP contribution is -2.23. The van der Waals surface area contributed by atoms with Crippen LogP contribution in [0.4, 0.5) is 5.69 Å². The van der Waals surface area contributed by atoms with Gasteiger partial charge in [0.1, 0.15) is 17.4 Å². The second-order valence-electron chi connectivity index (χ2n) is 4.68. The lowest BCUT2D eigenvalue weighted by molar-refractivity contribution is -0.386. The standard InChI is InChI=1S/C11H13N3O3/c1-11(2,3)17-9-7-4-5-12-10(7)13-6-8(9)14(15)16/h4-6H,1-3H3,(H,12,13). The van der Waals surface area contributed by atoms with Gasteiger partial charge in [-0.05, 0) is 26.8 Å². The average molecular weight is 235 g/mol. The summed E-state index contributed by atoms with van der Waals surface area (Å²) in [6.07, 6.45) is 2.89. The first-order valence-corrected chi connectivity index (χ1v) is 5.18. The molecule has 0 bridgehead atoms. The third-order valence-electron chi connectivity index (χ3n) is 2.12. The zero-order chi connectivity index (χ0) is 12.6. The van der Waals surface area contributed by atoms with Crippen molar-refractivity contribution in [2.45, 2.75) is 26.4 Å². The minimum atomic E-state index is -0.504. The smallest absolute Gasteiger partial charge is 0.329 e. The average Bonchev–Trinajstić information content (AvgIpc) is 2.63. The molecule has 6 nitrogen and oxygen atoms in total. The van der Waals surface area contributed by atoms with Gasteiger partial charge >= 0.3 is 5.69 Å². The van der Waals surface area contributed by atoms with Crippen LogP contribution >= 0.6 is 0 Å². The number of hydrogen-bond donors (Lipinski definition) is 1. The van der Waals surface area contributed by atoms with E-state index in [0.29, 0.717) is 11.0 Å². The molecule has 0 aliphatic heterocycles. The molecular weight excluding hydrogens is 222 g/mol. The molecule has 0 amide bonds. The molecule has 0 saturated carbocycles. The summed E-state index contributed by atoms with van der Waals surface area (Å²) < 4.78 is 5.66. The van der Waals surface area contributed by atoms with E-state index in [1.165, 1.54) is 6.20 Å². The predicted octanol–water partition coefficient (Wildman–Crippen LogP) is 2.65. The fraction of sp³-hybridized carbons (Fsp3) is 0.364. The molecule has 0 aliphatic carbocycles. The van der Waals surface area contributed by atoms with Crippen LogP contribution in [0.15, 0.2) is 18.5 Å². The van der Waals surface area contributed by atoms with Gasteiger partial charge in [-0.1, -0.05) is 0 Å². The molecule has 0 radical (unpaired) electrons. The number of pyridine rings is 1. The summed E-state index contributed by atoms with van der Waals surface area (Å²) in [6.45, 7) is 5.53. The van der Waals surface area contributed by atoms with Crippen molar-refractivity contribution in [2.24, 2.45) is 0 Å². The van der Waals surface area contributed by atoms with E-state index >= 15 is 0 Å². The third-order valence-corrected chi connectivity index (χ3v) is 2.12. The van der Waals surface area contributed by atoms with Crippen LogP contribution < -0.4 is 4.74 Å². The van der Waals surface area contributed by atoms with E-state index in [4.69, 9.17) is 4.74 Å². The minimum Gasteiger partial charge on any atom is -0.481 e. The van der Waals surface area contributed by atoms with Gasteiger partial charge in [0, 0.05) is 6.20 Å². The van der Waals surface area contributed by atoms with Gasteiger partial charge in [-0.2, -0.15) is 0 Å². The summed E-state index contributed by atoms with van der Waals surface area (Å²) in [4.78, 5) is 17.3. The topological polar surface area (TPSA) is 81.1 Å². The van der Waals surface area contributed by atoms with Crippen molar-refractivity contribution < 1.29 is 9.66 Å². The molecule has 0 fully saturated rings. The molecule has 2 aromatic heterocycles. The molecule has 0 aromatic carbocycles. The van der Waals surface area contributed by atoms with E-state index in [1.54, 1.807) is 12.3 Å². The molecule has 17 heavy (non-hydrogen) atoms. The number of hydrogen-bond acceptors (Lipinski definition) is 4. The van der Waals surface area contributed by atoms with Gasteiger partial charge < -0.3 is 9.72 Å². The van der Waals surface area contributed by atoms with Crippen LogP contribution in [0.1, 0.15) is 20.8 Å². The number of nitro groups is 1. The Morgan fingerprint density at radius 1 is 1.47 bits per heavy atom. The maximum atomic E-state index is 10.9. The van der Waals surface area contributed by atoms with Crippen LogP contribution in [0, 0.1) is 10.1 Å². The van der Waals surface area contributed by atoms with E-state index in [2.05, 4.69) is 9.97 Å². The van der Waals surface area contributed by atoms with Gasteiger partial charge in [-0.25, -0.2) is 4.98 Å².